The summed E-state index contributed by atoms with van der Waals surface area (Å²) in [4.78, 5) is 11.7. The van der Waals surface area contributed by atoms with Crippen LogP contribution in [0, 0.1) is 5.92 Å². The van der Waals surface area contributed by atoms with Crippen LogP contribution < -0.4 is 5.73 Å². The summed E-state index contributed by atoms with van der Waals surface area (Å²) in [6, 6.07) is -0.0781. The van der Waals surface area contributed by atoms with Crippen molar-refractivity contribution < 1.29 is 9.53 Å². The second-order valence-corrected chi connectivity index (χ2v) is 4.16. The molecule has 0 amide bonds. The number of unbranched alkanes of at least 4 members (excludes halogenated alkanes) is 3. The summed E-state index contributed by atoms with van der Waals surface area (Å²) in [6.07, 6.45) is 6.81. The first-order chi connectivity index (χ1) is 7.25. The number of rotatable bonds is 7. The van der Waals surface area contributed by atoms with E-state index >= 15 is 0 Å². The predicted molar refractivity (Wildman–Crippen MR) is 60.6 cm³/mol. The molecule has 2 unspecified atom stereocenters. The van der Waals surface area contributed by atoms with Gasteiger partial charge in [0.15, 0.2) is 0 Å². The Bertz CT molecular complexity index is 216. The van der Waals surface area contributed by atoms with Crippen molar-refractivity contribution in [2.75, 3.05) is 13.2 Å². The average molecular weight is 211 g/mol. The molecule has 0 saturated carbocycles. The molecule has 1 aliphatic rings. The van der Waals surface area contributed by atoms with Crippen molar-refractivity contribution >= 4 is 5.78 Å². The molecule has 0 aromatic carbocycles. The molecule has 0 radical (unpaired) electrons. The van der Waals surface area contributed by atoms with Crippen molar-refractivity contribution in [3.63, 3.8) is 0 Å². The minimum Gasteiger partial charge on any atom is -0.379 e. The molecule has 3 nitrogen and oxygen atoms in total. The number of nitrogens with two attached hydrogens (primary N) is 1. The maximum Gasteiger partial charge on any atom is 0.139 e. The molecule has 0 spiro atoms. The Morgan fingerprint density at radius 2 is 2.20 bits per heavy atom. The first-order valence-corrected chi connectivity index (χ1v) is 5.72. The van der Waals surface area contributed by atoms with E-state index in [1.54, 1.807) is 0 Å². The van der Waals surface area contributed by atoms with Gasteiger partial charge >= 0.3 is 0 Å². The molecular weight excluding hydrogens is 190 g/mol. The van der Waals surface area contributed by atoms with Gasteiger partial charge in [0, 0.05) is 12.5 Å². The largest absolute Gasteiger partial charge is 0.379 e. The molecule has 1 aliphatic heterocycles. The molecular formula is C12H21NO2. The number of carbonyl (C=O) groups excluding carboxylic acids is 1. The fourth-order valence-corrected chi connectivity index (χ4v) is 1.85. The van der Waals surface area contributed by atoms with E-state index in [0.29, 0.717) is 19.6 Å². The van der Waals surface area contributed by atoms with E-state index in [-0.39, 0.29) is 17.7 Å². The minimum atomic E-state index is -0.0781. The Hall–Kier alpha value is -0.670. The first-order valence-electron chi connectivity index (χ1n) is 5.72. The second-order valence-electron chi connectivity index (χ2n) is 4.16. The lowest BCUT2D eigenvalue weighted by Gasteiger charge is -2.11. The molecule has 1 heterocycles. The number of allylic oxidation sites excluding steroid dienone is 1. The van der Waals surface area contributed by atoms with Gasteiger partial charge in [-0.05, 0) is 19.3 Å². The fraction of sp³-hybridized carbons (Fsp3) is 0.750. The van der Waals surface area contributed by atoms with Crippen LogP contribution in [0.3, 0.4) is 0 Å². The van der Waals surface area contributed by atoms with E-state index in [1.807, 2.05) is 6.08 Å². The standard InChI is InChI=1S/C12H21NO2/c1-2-3-4-5-6-7-12(14)10-8-15-9-11(10)13/h2,10-11H,1,3-9,13H2. The van der Waals surface area contributed by atoms with E-state index in [4.69, 9.17) is 10.5 Å². The zero-order chi connectivity index (χ0) is 11.1. The van der Waals surface area contributed by atoms with Crippen LogP contribution in [0.1, 0.15) is 32.1 Å². The van der Waals surface area contributed by atoms with Gasteiger partial charge in [-0.15, -0.1) is 6.58 Å². The number of Topliss-reactive ketones (excluding diaryl/α,β-unsaturated/α-hetero) is 1. The van der Waals surface area contributed by atoms with Crippen LogP contribution in [0.4, 0.5) is 0 Å². The molecule has 0 bridgehead atoms. The summed E-state index contributed by atoms with van der Waals surface area (Å²) >= 11 is 0. The molecule has 2 atom stereocenters. The molecule has 1 saturated heterocycles. The highest BCUT2D eigenvalue weighted by atomic mass is 16.5. The molecule has 3 heteroatoms. The van der Waals surface area contributed by atoms with Gasteiger partial charge in [-0.25, -0.2) is 0 Å². The lowest BCUT2D eigenvalue weighted by molar-refractivity contribution is -0.123. The highest BCUT2D eigenvalue weighted by molar-refractivity contribution is 5.82. The van der Waals surface area contributed by atoms with Crippen LogP contribution in [0.5, 0.6) is 0 Å². The van der Waals surface area contributed by atoms with Crippen LogP contribution in [0.15, 0.2) is 12.7 Å². The topological polar surface area (TPSA) is 52.3 Å². The highest BCUT2D eigenvalue weighted by Crippen LogP contribution is 2.16. The van der Waals surface area contributed by atoms with Crippen LogP contribution in [-0.4, -0.2) is 25.0 Å². The lowest BCUT2D eigenvalue weighted by atomic mass is 9.95. The van der Waals surface area contributed by atoms with Crippen LogP contribution in [-0.2, 0) is 9.53 Å². The van der Waals surface area contributed by atoms with Crippen molar-refractivity contribution in [1.29, 1.82) is 0 Å². The third-order valence-corrected chi connectivity index (χ3v) is 2.87. The average Bonchev–Trinajstić information content (AvgIpc) is 2.64. The van der Waals surface area contributed by atoms with Gasteiger partial charge in [0.25, 0.3) is 0 Å². The molecule has 86 valence electrons. The van der Waals surface area contributed by atoms with E-state index in [0.717, 1.165) is 25.7 Å². The van der Waals surface area contributed by atoms with Gasteiger partial charge in [-0.3, -0.25) is 4.79 Å². The van der Waals surface area contributed by atoms with Crippen molar-refractivity contribution in [3.05, 3.63) is 12.7 Å². The predicted octanol–water partition coefficient (Wildman–Crippen LogP) is 1.67. The van der Waals surface area contributed by atoms with Crippen LogP contribution >= 0.6 is 0 Å². The molecule has 0 aromatic heterocycles. The quantitative estimate of drug-likeness (QED) is 0.515. The van der Waals surface area contributed by atoms with Crippen molar-refractivity contribution in [2.45, 2.75) is 38.1 Å². The third-order valence-electron chi connectivity index (χ3n) is 2.87. The molecule has 2 N–H and O–H groups in total. The Morgan fingerprint density at radius 3 is 2.80 bits per heavy atom. The van der Waals surface area contributed by atoms with Gasteiger partial charge in [0.1, 0.15) is 5.78 Å². The fourth-order valence-electron chi connectivity index (χ4n) is 1.85. The Labute approximate surface area is 91.7 Å². The van der Waals surface area contributed by atoms with Crippen molar-refractivity contribution in [1.82, 2.24) is 0 Å². The van der Waals surface area contributed by atoms with E-state index in [1.165, 1.54) is 0 Å². The van der Waals surface area contributed by atoms with Gasteiger partial charge in [0.2, 0.25) is 0 Å². The second kappa shape index (κ2) is 6.75. The maximum absolute atomic E-state index is 11.7. The Balaban J connectivity index is 2.10. The zero-order valence-corrected chi connectivity index (χ0v) is 9.28. The van der Waals surface area contributed by atoms with Crippen molar-refractivity contribution in [2.24, 2.45) is 11.7 Å². The number of ketones is 1. The van der Waals surface area contributed by atoms with Gasteiger partial charge in [-0.2, -0.15) is 0 Å². The summed E-state index contributed by atoms with van der Waals surface area (Å²) in [7, 11) is 0. The normalized spacial score (nSPS) is 25.4. The van der Waals surface area contributed by atoms with Gasteiger partial charge < -0.3 is 10.5 Å². The molecule has 1 fully saturated rings. The number of carbonyl (C=O) groups is 1. The first kappa shape index (κ1) is 12.4. The molecule has 1 rings (SSSR count). The maximum atomic E-state index is 11.7. The van der Waals surface area contributed by atoms with Gasteiger partial charge in [0.05, 0.1) is 19.1 Å². The number of hydrogen-bond acceptors (Lipinski definition) is 3. The third kappa shape index (κ3) is 4.14. The van der Waals surface area contributed by atoms with E-state index < -0.39 is 0 Å². The molecule has 0 aromatic rings. The number of ether oxygens (including phenoxy) is 1. The summed E-state index contributed by atoms with van der Waals surface area (Å²) in [5, 5.41) is 0. The summed E-state index contributed by atoms with van der Waals surface area (Å²) in [5.74, 6) is 0.225. The lowest BCUT2D eigenvalue weighted by Crippen LogP contribution is -2.33. The highest BCUT2D eigenvalue weighted by Gasteiger charge is 2.30. The summed E-state index contributed by atoms with van der Waals surface area (Å²) < 4.78 is 5.18. The SMILES string of the molecule is C=CCCCCCC(=O)C1COCC1N. The monoisotopic (exact) mass is 211 g/mol. The van der Waals surface area contributed by atoms with Gasteiger partial charge in [-0.1, -0.05) is 12.5 Å². The van der Waals surface area contributed by atoms with E-state index in [2.05, 4.69) is 6.58 Å². The minimum absolute atomic E-state index is 0.0515. The molecule has 15 heavy (non-hydrogen) atoms. The zero-order valence-electron chi connectivity index (χ0n) is 9.28. The Kier molecular flexibility index (Phi) is 5.58. The van der Waals surface area contributed by atoms with Crippen molar-refractivity contribution in [3.8, 4) is 0 Å². The summed E-state index contributed by atoms with van der Waals surface area (Å²) in [5.41, 5.74) is 5.77. The number of hydrogen-bond donors (Lipinski definition) is 1. The summed E-state index contributed by atoms with van der Waals surface area (Å²) in [6.45, 7) is 4.72. The molecule has 0 aliphatic carbocycles. The van der Waals surface area contributed by atoms with Crippen LogP contribution in [0.2, 0.25) is 0 Å². The van der Waals surface area contributed by atoms with Crippen LogP contribution in [0.25, 0.3) is 0 Å². The smallest absolute Gasteiger partial charge is 0.139 e. The Morgan fingerprint density at radius 1 is 1.40 bits per heavy atom. The van der Waals surface area contributed by atoms with E-state index in [9.17, 15) is 4.79 Å².